The molecule has 5 rings (SSSR count). The van der Waals surface area contributed by atoms with Crippen LogP contribution < -0.4 is 10.6 Å². The van der Waals surface area contributed by atoms with Gasteiger partial charge >= 0.3 is 0 Å². The third kappa shape index (κ3) is 3.86. The summed E-state index contributed by atoms with van der Waals surface area (Å²) in [5, 5.41) is 0.311. The molecule has 1 saturated heterocycles. The largest absolute Gasteiger partial charge is 0.370 e. The van der Waals surface area contributed by atoms with E-state index in [1.165, 1.54) is 24.3 Å². The lowest BCUT2D eigenvalue weighted by atomic mass is 9.98. The quantitative estimate of drug-likeness (QED) is 0.463. The number of hydrogen-bond acceptors (Lipinski definition) is 4. The number of halogens is 3. The standard InChI is InChI=1S/C23H20ClF2N5/c24-14-7-13(8-16(26)9-14)18-11-28-12-19(22(18)31-5-3-17(27)4-6-31)23-29-20-2-1-15(25)10-21(20)30-23/h1-2,7-12,17H,3-6,27H2,(H,29,30). The first-order valence-electron chi connectivity index (χ1n) is 10.1. The van der Waals surface area contributed by atoms with Gasteiger partial charge in [-0.25, -0.2) is 13.8 Å². The predicted octanol–water partition coefficient (Wildman–Crippen LogP) is 5.15. The molecule has 2 aromatic carbocycles. The second-order valence-corrected chi connectivity index (χ2v) is 8.25. The first-order valence-corrected chi connectivity index (χ1v) is 10.5. The lowest BCUT2D eigenvalue weighted by Crippen LogP contribution is -2.40. The van der Waals surface area contributed by atoms with Crippen LogP contribution in [0.5, 0.6) is 0 Å². The van der Waals surface area contributed by atoms with Gasteiger partial charge in [0.1, 0.15) is 17.5 Å². The number of nitrogens with one attached hydrogen (secondary N) is 1. The summed E-state index contributed by atoms with van der Waals surface area (Å²) in [6.07, 6.45) is 5.12. The fourth-order valence-electron chi connectivity index (χ4n) is 4.12. The maximum atomic E-state index is 14.2. The molecule has 0 bridgehead atoms. The summed E-state index contributed by atoms with van der Waals surface area (Å²) in [5.41, 5.74) is 10.4. The minimum Gasteiger partial charge on any atom is -0.370 e. The zero-order valence-electron chi connectivity index (χ0n) is 16.6. The number of aromatic nitrogens is 3. The molecule has 8 heteroatoms. The molecule has 4 aromatic rings. The van der Waals surface area contributed by atoms with Crippen molar-refractivity contribution < 1.29 is 8.78 Å². The van der Waals surface area contributed by atoms with Gasteiger partial charge in [-0.15, -0.1) is 0 Å². The Morgan fingerprint density at radius 2 is 1.77 bits per heavy atom. The van der Waals surface area contributed by atoms with Crippen LogP contribution >= 0.6 is 11.6 Å². The maximum absolute atomic E-state index is 14.2. The fraction of sp³-hybridized carbons (Fsp3) is 0.217. The molecule has 0 radical (unpaired) electrons. The van der Waals surface area contributed by atoms with Gasteiger partial charge in [0.15, 0.2) is 0 Å². The Morgan fingerprint density at radius 3 is 2.55 bits per heavy atom. The number of hydrogen-bond donors (Lipinski definition) is 2. The third-order valence-electron chi connectivity index (χ3n) is 5.65. The summed E-state index contributed by atoms with van der Waals surface area (Å²) in [7, 11) is 0. The van der Waals surface area contributed by atoms with Gasteiger partial charge in [-0.2, -0.15) is 0 Å². The van der Waals surface area contributed by atoms with E-state index in [0.29, 0.717) is 27.4 Å². The van der Waals surface area contributed by atoms with E-state index in [1.807, 2.05) is 0 Å². The summed E-state index contributed by atoms with van der Waals surface area (Å²) in [4.78, 5) is 14.5. The minimum absolute atomic E-state index is 0.155. The zero-order valence-corrected chi connectivity index (χ0v) is 17.3. The number of pyridine rings is 1. The van der Waals surface area contributed by atoms with Crippen molar-refractivity contribution in [3.8, 4) is 22.5 Å². The monoisotopic (exact) mass is 439 g/mol. The summed E-state index contributed by atoms with van der Waals surface area (Å²) in [5.74, 6) is -0.185. The van der Waals surface area contributed by atoms with E-state index in [4.69, 9.17) is 17.3 Å². The molecule has 31 heavy (non-hydrogen) atoms. The van der Waals surface area contributed by atoms with Crippen LogP contribution in [-0.4, -0.2) is 34.1 Å². The average Bonchev–Trinajstić information content (AvgIpc) is 3.16. The molecule has 158 valence electrons. The second-order valence-electron chi connectivity index (χ2n) is 7.81. The number of imidazole rings is 1. The minimum atomic E-state index is -0.418. The van der Waals surface area contributed by atoms with E-state index in [9.17, 15) is 8.78 Å². The van der Waals surface area contributed by atoms with Gasteiger partial charge in [0.25, 0.3) is 0 Å². The van der Waals surface area contributed by atoms with E-state index in [-0.39, 0.29) is 11.9 Å². The van der Waals surface area contributed by atoms with Gasteiger partial charge < -0.3 is 15.6 Å². The Kier molecular flexibility index (Phi) is 5.08. The Balaban J connectivity index is 1.71. The highest BCUT2D eigenvalue weighted by Crippen LogP contribution is 2.40. The molecule has 0 unspecified atom stereocenters. The highest BCUT2D eigenvalue weighted by Gasteiger charge is 2.24. The average molecular weight is 440 g/mol. The van der Waals surface area contributed by atoms with Crippen LogP contribution in [0.25, 0.3) is 33.5 Å². The Hall–Kier alpha value is -3.03. The normalized spacial score (nSPS) is 15.0. The number of fused-ring (bicyclic) bond motifs is 1. The van der Waals surface area contributed by atoms with E-state index in [2.05, 4.69) is 19.9 Å². The molecule has 1 aliphatic heterocycles. The highest BCUT2D eigenvalue weighted by atomic mass is 35.5. The molecule has 2 aromatic heterocycles. The van der Waals surface area contributed by atoms with Gasteiger partial charge in [-0.3, -0.25) is 4.98 Å². The highest BCUT2D eigenvalue weighted by molar-refractivity contribution is 6.30. The van der Waals surface area contributed by atoms with Gasteiger partial charge in [0.2, 0.25) is 0 Å². The molecule has 1 fully saturated rings. The van der Waals surface area contributed by atoms with Crippen molar-refractivity contribution in [2.75, 3.05) is 18.0 Å². The Morgan fingerprint density at radius 1 is 1.00 bits per heavy atom. The van der Waals surface area contributed by atoms with Crippen molar-refractivity contribution >= 4 is 28.3 Å². The van der Waals surface area contributed by atoms with Gasteiger partial charge in [0.05, 0.1) is 22.3 Å². The Bertz CT molecular complexity index is 1240. The first kappa shape index (κ1) is 19.9. The molecule has 3 N–H and O–H groups in total. The van der Waals surface area contributed by atoms with Crippen LogP contribution in [0.3, 0.4) is 0 Å². The van der Waals surface area contributed by atoms with Crippen molar-refractivity contribution in [3.63, 3.8) is 0 Å². The van der Waals surface area contributed by atoms with E-state index in [0.717, 1.165) is 42.7 Å². The summed E-state index contributed by atoms with van der Waals surface area (Å²) in [6, 6.07) is 9.02. The molecule has 1 aliphatic rings. The van der Waals surface area contributed by atoms with E-state index in [1.54, 1.807) is 24.5 Å². The van der Waals surface area contributed by atoms with Gasteiger partial charge in [0, 0.05) is 42.1 Å². The summed E-state index contributed by atoms with van der Waals surface area (Å²) >= 11 is 6.14. The number of anilines is 1. The molecule has 0 atom stereocenters. The maximum Gasteiger partial charge on any atom is 0.142 e. The molecular weight excluding hydrogens is 420 g/mol. The summed E-state index contributed by atoms with van der Waals surface area (Å²) in [6.45, 7) is 1.51. The number of piperidine rings is 1. The molecule has 0 amide bonds. The van der Waals surface area contributed by atoms with Gasteiger partial charge in [-0.05, 0) is 54.8 Å². The SMILES string of the molecule is NC1CCN(c2c(-c3cc(F)cc(Cl)c3)cncc2-c2nc3ccc(F)cc3[nH]2)CC1. The molecule has 5 nitrogen and oxygen atoms in total. The number of aromatic amines is 1. The van der Waals surface area contributed by atoms with Crippen molar-refractivity contribution in [2.45, 2.75) is 18.9 Å². The first-order chi connectivity index (χ1) is 15.0. The van der Waals surface area contributed by atoms with Crippen LogP contribution in [0.2, 0.25) is 5.02 Å². The van der Waals surface area contributed by atoms with Crippen LogP contribution in [0.4, 0.5) is 14.5 Å². The van der Waals surface area contributed by atoms with Crippen molar-refractivity contribution in [3.05, 3.63) is 65.4 Å². The van der Waals surface area contributed by atoms with Crippen molar-refractivity contribution in [1.82, 2.24) is 15.0 Å². The smallest absolute Gasteiger partial charge is 0.142 e. The predicted molar refractivity (Wildman–Crippen MR) is 119 cm³/mol. The summed E-state index contributed by atoms with van der Waals surface area (Å²) < 4.78 is 27.8. The van der Waals surface area contributed by atoms with Crippen LogP contribution in [0.15, 0.2) is 48.8 Å². The lowest BCUT2D eigenvalue weighted by Gasteiger charge is -2.34. The van der Waals surface area contributed by atoms with Crippen LogP contribution in [0.1, 0.15) is 12.8 Å². The van der Waals surface area contributed by atoms with Gasteiger partial charge in [-0.1, -0.05) is 11.6 Å². The topological polar surface area (TPSA) is 70.8 Å². The van der Waals surface area contributed by atoms with Crippen molar-refractivity contribution in [1.29, 1.82) is 0 Å². The fourth-order valence-corrected chi connectivity index (χ4v) is 4.34. The molecule has 0 aliphatic carbocycles. The number of nitrogens with two attached hydrogens (primary N) is 1. The Labute approximate surface area is 182 Å². The molecule has 0 spiro atoms. The lowest BCUT2D eigenvalue weighted by molar-refractivity contribution is 0.501. The molecule has 3 heterocycles. The third-order valence-corrected chi connectivity index (χ3v) is 5.86. The number of rotatable bonds is 3. The zero-order chi connectivity index (χ0) is 21.5. The van der Waals surface area contributed by atoms with E-state index >= 15 is 0 Å². The second kappa shape index (κ2) is 7.90. The van der Waals surface area contributed by atoms with E-state index < -0.39 is 5.82 Å². The number of benzene rings is 2. The molecule has 0 saturated carbocycles. The van der Waals surface area contributed by atoms with Crippen LogP contribution in [-0.2, 0) is 0 Å². The molecular formula is C23H20ClF2N5. The number of nitrogens with zero attached hydrogens (tertiary/aromatic N) is 3. The van der Waals surface area contributed by atoms with Crippen LogP contribution in [0, 0.1) is 11.6 Å². The number of H-pyrrole nitrogens is 1. The van der Waals surface area contributed by atoms with Crippen molar-refractivity contribution in [2.24, 2.45) is 5.73 Å².